The molecule has 0 aliphatic heterocycles. The predicted octanol–water partition coefficient (Wildman–Crippen LogP) is 1.99. The fourth-order valence-corrected chi connectivity index (χ4v) is 2.39. The van der Waals surface area contributed by atoms with Crippen LogP contribution >= 0.6 is 0 Å². The Balaban J connectivity index is 2.12. The van der Waals surface area contributed by atoms with Crippen molar-refractivity contribution in [2.24, 2.45) is 0 Å². The van der Waals surface area contributed by atoms with Crippen molar-refractivity contribution in [1.29, 1.82) is 0 Å². The van der Waals surface area contributed by atoms with E-state index in [0.717, 1.165) is 5.56 Å². The number of nitrogens with zero attached hydrogens (tertiary/aromatic N) is 1. The molecule has 0 radical (unpaired) electrons. The summed E-state index contributed by atoms with van der Waals surface area (Å²) in [5.74, 6) is -0.815. The van der Waals surface area contributed by atoms with Gasteiger partial charge in [-0.3, -0.25) is 14.7 Å². The maximum absolute atomic E-state index is 12.9. The van der Waals surface area contributed by atoms with Crippen molar-refractivity contribution in [1.82, 2.24) is 20.8 Å². The van der Waals surface area contributed by atoms with E-state index in [2.05, 4.69) is 20.8 Å². The Morgan fingerprint density at radius 1 is 1.17 bits per heavy atom. The van der Waals surface area contributed by atoms with Crippen LogP contribution in [0.2, 0.25) is 1.41 Å². The molecule has 2 aromatic rings. The molecule has 0 spiro atoms. The number of carbonyl (C=O) groups is 3. The van der Waals surface area contributed by atoms with Gasteiger partial charge in [-0.05, 0) is 33.3 Å². The van der Waals surface area contributed by atoms with Crippen molar-refractivity contribution in [3.05, 3.63) is 48.2 Å². The Hall–Kier alpha value is -3.36. The largest absolute Gasteiger partial charge is 0.444 e. The summed E-state index contributed by atoms with van der Waals surface area (Å²) in [4.78, 5) is 37.6. The second-order valence-corrected chi connectivity index (χ2v) is 7.49. The fourth-order valence-electron chi connectivity index (χ4n) is 2.39. The van der Waals surface area contributed by atoms with Gasteiger partial charge in [-0.15, -0.1) is 0 Å². The van der Waals surface area contributed by atoms with Crippen LogP contribution in [-0.4, -0.2) is 45.8 Å². The zero-order chi connectivity index (χ0) is 22.3. The summed E-state index contributed by atoms with van der Waals surface area (Å²) in [6.45, 7) is 6.52. The summed E-state index contributed by atoms with van der Waals surface area (Å²) < 4.78 is 13.4. The highest BCUT2D eigenvalue weighted by molar-refractivity contribution is 5.97. The molecule has 2 rings (SSSR count). The van der Waals surface area contributed by atoms with Gasteiger partial charge in [0.1, 0.15) is 17.7 Å². The number of amides is 3. The lowest BCUT2D eigenvalue weighted by molar-refractivity contribution is -0.127. The number of benzene rings is 1. The first-order valence-corrected chi connectivity index (χ1v) is 9.23. The lowest BCUT2D eigenvalue weighted by Gasteiger charge is -2.24. The van der Waals surface area contributed by atoms with E-state index in [9.17, 15) is 14.4 Å². The van der Waals surface area contributed by atoms with Crippen LogP contribution in [0.15, 0.2) is 42.6 Å². The molecule has 0 bridgehead atoms. The molecule has 0 aliphatic rings. The van der Waals surface area contributed by atoms with Crippen LogP contribution in [0.5, 0.6) is 0 Å². The molecular formula is C20H27N5O4. The van der Waals surface area contributed by atoms with Crippen LogP contribution in [0.4, 0.5) is 10.6 Å². The van der Waals surface area contributed by atoms with Gasteiger partial charge >= 0.3 is 6.09 Å². The minimum atomic E-state index is -1.19. The maximum Gasteiger partial charge on any atom is 0.408 e. The first kappa shape index (κ1) is 20.4. The minimum absolute atomic E-state index is 0.0864. The van der Waals surface area contributed by atoms with Crippen molar-refractivity contribution in [2.75, 3.05) is 5.32 Å². The summed E-state index contributed by atoms with van der Waals surface area (Å²) in [7, 11) is 0. The molecule has 0 aliphatic carbocycles. The van der Waals surface area contributed by atoms with E-state index in [1.165, 1.54) is 6.92 Å². The second kappa shape index (κ2) is 9.72. The van der Waals surface area contributed by atoms with E-state index < -0.39 is 35.6 Å². The molecule has 3 amide bonds. The number of hydrogen-bond donors (Lipinski definition) is 4. The Kier molecular flexibility index (Phi) is 6.83. The SMILES string of the molecule is [2H]N(C(=O)OC(C)(C)C)[C@@H](Cc1ccccc1)C(=O)N[C@@H](C)C(=O)Nc1cc[nH]n1. The third kappa shape index (κ3) is 7.65. The molecule has 156 valence electrons. The van der Waals surface area contributed by atoms with Crippen LogP contribution in [0, 0.1) is 0 Å². The molecule has 9 heteroatoms. The standard InChI is InChI=1S/C20H27N5O4/c1-13(17(26)24-16-10-11-21-25-16)22-18(27)15(12-14-8-6-5-7-9-14)23-19(28)29-20(2,3)4/h5-11,13,15H,12H2,1-4H3,(H,22,27)(H,23,28)(H2,21,24,25,26)/t13-,15-/m0/s1/i/hD. The Morgan fingerprint density at radius 2 is 1.86 bits per heavy atom. The molecule has 1 aromatic carbocycles. The number of alkyl carbamates (subject to hydrolysis) is 1. The fraction of sp³-hybridized carbons (Fsp3) is 0.400. The van der Waals surface area contributed by atoms with Crippen molar-refractivity contribution < 1.29 is 20.5 Å². The van der Waals surface area contributed by atoms with Gasteiger partial charge < -0.3 is 20.7 Å². The first-order chi connectivity index (χ1) is 14.1. The number of rotatable bonds is 7. The number of carbonyl (C=O) groups excluding carboxylic acids is 3. The summed E-state index contributed by atoms with van der Waals surface area (Å²) >= 11 is 0. The average molecular weight is 402 g/mol. The van der Waals surface area contributed by atoms with E-state index in [0.29, 0.717) is 11.1 Å². The van der Waals surface area contributed by atoms with Crippen molar-refractivity contribution in [3.8, 4) is 0 Å². The Morgan fingerprint density at radius 3 is 2.45 bits per heavy atom. The summed E-state index contributed by atoms with van der Waals surface area (Å²) in [6, 6.07) is 8.46. The van der Waals surface area contributed by atoms with E-state index in [1.807, 2.05) is 6.07 Å². The number of nitrogens with one attached hydrogen (secondary N) is 4. The molecule has 0 unspecified atom stereocenters. The van der Waals surface area contributed by atoms with Gasteiger partial charge in [0.15, 0.2) is 7.23 Å². The van der Waals surface area contributed by atoms with E-state index in [1.54, 1.807) is 57.3 Å². The summed E-state index contributed by atoms with van der Waals surface area (Å²) in [6.07, 6.45) is 0.684. The third-order valence-electron chi connectivity index (χ3n) is 3.73. The van der Waals surface area contributed by atoms with Crippen molar-refractivity contribution in [2.45, 2.75) is 51.8 Å². The van der Waals surface area contributed by atoms with E-state index in [4.69, 9.17) is 6.15 Å². The van der Waals surface area contributed by atoms with Crippen LogP contribution in [-0.2, 0) is 20.7 Å². The van der Waals surface area contributed by atoms with Gasteiger partial charge in [-0.25, -0.2) is 4.79 Å². The first-order valence-electron chi connectivity index (χ1n) is 9.67. The Bertz CT molecular complexity index is 852. The molecule has 4 N–H and O–H groups in total. The summed E-state index contributed by atoms with van der Waals surface area (Å²) in [5, 5.41) is 12.0. The number of ether oxygens (including phenoxy) is 1. The third-order valence-corrected chi connectivity index (χ3v) is 3.73. The molecule has 0 saturated heterocycles. The van der Waals surface area contributed by atoms with Gasteiger partial charge in [0, 0.05) is 18.7 Å². The number of H-pyrrole nitrogens is 1. The van der Waals surface area contributed by atoms with Gasteiger partial charge in [0.05, 0.1) is 0 Å². The van der Waals surface area contributed by atoms with Crippen LogP contribution in [0.25, 0.3) is 0 Å². The Labute approximate surface area is 171 Å². The lowest BCUT2D eigenvalue weighted by Crippen LogP contribution is -2.53. The van der Waals surface area contributed by atoms with Gasteiger partial charge in [0.25, 0.3) is 0 Å². The monoisotopic (exact) mass is 402 g/mol. The van der Waals surface area contributed by atoms with Crippen molar-refractivity contribution >= 4 is 23.7 Å². The van der Waals surface area contributed by atoms with Crippen LogP contribution in [0.3, 0.4) is 0 Å². The molecular weight excluding hydrogens is 374 g/mol. The molecule has 9 nitrogen and oxygen atoms in total. The van der Waals surface area contributed by atoms with Gasteiger partial charge in [-0.2, -0.15) is 5.10 Å². The molecule has 2 atom stereocenters. The summed E-state index contributed by atoms with van der Waals surface area (Å²) in [5.41, 5.74) is -0.0620. The molecule has 0 saturated carbocycles. The predicted molar refractivity (Wildman–Crippen MR) is 108 cm³/mol. The number of anilines is 1. The van der Waals surface area contributed by atoms with Gasteiger partial charge in [-0.1, -0.05) is 30.3 Å². The molecule has 0 fully saturated rings. The van der Waals surface area contributed by atoms with E-state index in [-0.39, 0.29) is 6.42 Å². The van der Waals surface area contributed by atoms with Crippen LogP contribution in [0.1, 0.15) is 33.3 Å². The highest BCUT2D eigenvalue weighted by Crippen LogP contribution is 2.09. The number of aromatic nitrogens is 2. The topological polar surface area (TPSA) is 125 Å². The number of hydrogen-bond acceptors (Lipinski definition) is 5. The molecule has 1 heterocycles. The molecule has 1 aromatic heterocycles. The van der Waals surface area contributed by atoms with E-state index >= 15 is 0 Å². The quantitative estimate of drug-likeness (QED) is 0.564. The molecule has 29 heavy (non-hydrogen) atoms. The smallest absolute Gasteiger partial charge is 0.408 e. The normalized spacial score (nSPS) is 13.6. The number of aromatic amines is 1. The maximum atomic E-state index is 12.9. The minimum Gasteiger partial charge on any atom is -0.444 e. The highest BCUT2D eigenvalue weighted by atomic mass is 16.6. The second-order valence-electron chi connectivity index (χ2n) is 7.49. The van der Waals surface area contributed by atoms with Crippen LogP contribution < -0.4 is 15.9 Å². The van der Waals surface area contributed by atoms with Crippen molar-refractivity contribution in [3.63, 3.8) is 0 Å². The van der Waals surface area contributed by atoms with Gasteiger partial charge in [0.2, 0.25) is 11.8 Å². The highest BCUT2D eigenvalue weighted by Gasteiger charge is 2.27. The lowest BCUT2D eigenvalue weighted by atomic mass is 10.0. The zero-order valence-corrected chi connectivity index (χ0v) is 16.9. The average Bonchev–Trinajstić information content (AvgIpc) is 3.17. The zero-order valence-electron chi connectivity index (χ0n) is 17.9.